The van der Waals surface area contributed by atoms with Crippen molar-refractivity contribution < 1.29 is 4.92 Å². The molecule has 3 nitrogen and oxygen atoms in total. The van der Waals surface area contributed by atoms with Crippen LogP contribution in [-0.2, 0) is 0 Å². The van der Waals surface area contributed by atoms with Crippen molar-refractivity contribution >= 4 is 27.7 Å². The Bertz CT molecular complexity index is 323. The molecular weight excluding hydrogens is 222 g/mol. The van der Waals surface area contributed by atoms with E-state index in [-0.39, 0.29) is 5.69 Å². The Balaban J connectivity index is 3.17. The summed E-state index contributed by atoms with van der Waals surface area (Å²) < 4.78 is 0. The fraction of sp³-hybridized carbons (Fsp3) is 0. The highest BCUT2D eigenvalue weighted by atomic mass is 79.9. The molecule has 0 amide bonds. The molecule has 0 radical (unpaired) electrons. The van der Waals surface area contributed by atoms with E-state index in [4.69, 9.17) is 0 Å². The molecule has 0 aliphatic heterocycles. The summed E-state index contributed by atoms with van der Waals surface area (Å²) in [6.07, 6.45) is 1.64. The summed E-state index contributed by atoms with van der Waals surface area (Å²) in [4.78, 5) is 11.6. The number of halogens is 1. The van der Waals surface area contributed by atoms with E-state index in [9.17, 15) is 10.1 Å². The highest BCUT2D eigenvalue weighted by molar-refractivity contribution is 9.11. The normalized spacial score (nSPS) is 10.4. The highest BCUT2D eigenvalue weighted by Crippen LogP contribution is 2.19. The van der Waals surface area contributed by atoms with Crippen LogP contribution in [0.25, 0.3) is 6.08 Å². The van der Waals surface area contributed by atoms with E-state index in [0.29, 0.717) is 5.56 Å². The van der Waals surface area contributed by atoms with E-state index in [1.165, 1.54) is 6.07 Å². The number of nitro benzene ring substituents is 1. The lowest BCUT2D eigenvalue weighted by atomic mass is 10.2. The molecule has 0 saturated heterocycles. The van der Waals surface area contributed by atoms with Crippen molar-refractivity contribution in [1.82, 2.24) is 0 Å². The minimum atomic E-state index is -0.400. The first kappa shape index (κ1) is 8.93. The minimum absolute atomic E-state index is 0.119. The maximum Gasteiger partial charge on any atom is 0.276 e. The fourth-order valence-electron chi connectivity index (χ4n) is 0.863. The highest BCUT2D eigenvalue weighted by Gasteiger charge is 2.08. The SMILES string of the molecule is O=[N+]([O-])c1ccccc1C=CBr. The van der Waals surface area contributed by atoms with Crippen LogP contribution in [0.3, 0.4) is 0 Å². The summed E-state index contributed by atoms with van der Waals surface area (Å²) in [6.45, 7) is 0. The van der Waals surface area contributed by atoms with Crippen molar-refractivity contribution in [2.75, 3.05) is 0 Å². The second-order valence-corrected chi connectivity index (χ2v) is 2.64. The van der Waals surface area contributed by atoms with Crippen molar-refractivity contribution in [3.05, 3.63) is 44.9 Å². The average Bonchev–Trinajstić information content (AvgIpc) is 2.05. The predicted molar refractivity (Wildman–Crippen MR) is 51.1 cm³/mol. The summed E-state index contributed by atoms with van der Waals surface area (Å²) in [7, 11) is 0. The van der Waals surface area contributed by atoms with Gasteiger partial charge in [0.2, 0.25) is 0 Å². The van der Waals surface area contributed by atoms with Gasteiger partial charge in [0.25, 0.3) is 5.69 Å². The second kappa shape index (κ2) is 4.01. The smallest absolute Gasteiger partial charge is 0.258 e. The fourth-order valence-corrected chi connectivity index (χ4v) is 1.15. The van der Waals surface area contributed by atoms with Gasteiger partial charge in [0.05, 0.1) is 10.5 Å². The molecule has 0 aromatic heterocycles. The van der Waals surface area contributed by atoms with Crippen LogP contribution in [0.15, 0.2) is 29.3 Å². The zero-order valence-electron chi connectivity index (χ0n) is 6.11. The number of hydrogen-bond donors (Lipinski definition) is 0. The predicted octanol–water partition coefficient (Wildman–Crippen LogP) is 2.96. The molecule has 1 aromatic carbocycles. The molecule has 1 rings (SSSR count). The number of para-hydroxylation sites is 1. The van der Waals surface area contributed by atoms with E-state index in [1.54, 1.807) is 29.3 Å². The third-order valence-corrected chi connectivity index (χ3v) is 1.64. The van der Waals surface area contributed by atoms with Crippen molar-refractivity contribution in [2.45, 2.75) is 0 Å². The summed E-state index contributed by atoms with van der Waals surface area (Å²) in [5.41, 5.74) is 0.715. The van der Waals surface area contributed by atoms with Crippen molar-refractivity contribution in [1.29, 1.82) is 0 Å². The Hall–Kier alpha value is -1.16. The monoisotopic (exact) mass is 227 g/mol. The maximum atomic E-state index is 10.5. The molecule has 0 aliphatic rings. The van der Waals surface area contributed by atoms with Crippen LogP contribution < -0.4 is 0 Å². The van der Waals surface area contributed by atoms with Gasteiger partial charge in [-0.25, -0.2) is 0 Å². The molecule has 0 bridgehead atoms. The molecule has 0 N–H and O–H groups in total. The molecular formula is C8H6BrNO2. The molecule has 0 aliphatic carbocycles. The van der Waals surface area contributed by atoms with Gasteiger partial charge in [0.1, 0.15) is 0 Å². The molecule has 0 fully saturated rings. The van der Waals surface area contributed by atoms with E-state index >= 15 is 0 Å². The van der Waals surface area contributed by atoms with E-state index in [1.807, 2.05) is 0 Å². The Morgan fingerprint density at radius 3 is 2.67 bits per heavy atom. The summed E-state index contributed by atoms with van der Waals surface area (Å²) >= 11 is 3.07. The van der Waals surface area contributed by atoms with Crippen LogP contribution in [0.1, 0.15) is 5.56 Å². The Kier molecular flexibility index (Phi) is 2.99. The summed E-state index contributed by atoms with van der Waals surface area (Å²) in [5, 5.41) is 10.5. The lowest BCUT2D eigenvalue weighted by molar-refractivity contribution is -0.385. The Labute approximate surface area is 78.0 Å². The topological polar surface area (TPSA) is 43.1 Å². The van der Waals surface area contributed by atoms with Crippen LogP contribution in [0, 0.1) is 10.1 Å². The van der Waals surface area contributed by atoms with Crippen LogP contribution in [0.4, 0.5) is 5.69 Å². The van der Waals surface area contributed by atoms with Crippen LogP contribution in [0.2, 0.25) is 0 Å². The number of nitrogens with zero attached hydrogens (tertiary/aromatic N) is 1. The molecule has 0 spiro atoms. The molecule has 0 atom stereocenters. The third-order valence-electron chi connectivity index (χ3n) is 1.38. The average molecular weight is 228 g/mol. The van der Waals surface area contributed by atoms with Gasteiger partial charge in [-0.15, -0.1) is 0 Å². The first-order chi connectivity index (χ1) is 5.75. The van der Waals surface area contributed by atoms with Crippen molar-refractivity contribution in [3.63, 3.8) is 0 Å². The van der Waals surface area contributed by atoms with E-state index in [0.717, 1.165) is 0 Å². The molecule has 0 heterocycles. The molecule has 12 heavy (non-hydrogen) atoms. The van der Waals surface area contributed by atoms with E-state index < -0.39 is 4.92 Å². The Morgan fingerprint density at radius 2 is 2.08 bits per heavy atom. The molecule has 62 valence electrons. The summed E-state index contributed by atoms with van der Waals surface area (Å²) in [5.74, 6) is 0. The van der Waals surface area contributed by atoms with Gasteiger partial charge in [-0.3, -0.25) is 10.1 Å². The minimum Gasteiger partial charge on any atom is -0.258 e. The quantitative estimate of drug-likeness (QED) is 0.576. The molecule has 0 unspecified atom stereocenters. The number of nitro groups is 1. The lowest BCUT2D eigenvalue weighted by Gasteiger charge is -1.94. The van der Waals surface area contributed by atoms with Gasteiger partial charge in [0, 0.05) is 6.07 Å². The zero-order chi connectivity index (χ0) is 8.97. The molecule has 0 saturated carbocycles. The first-order valence-corrected chi connectivity index (χ1v) is 4.17. The summed E-state index contributed by atoms with van der Waals surface area (Å²) in [6, 6.07) is 6.57. The van der Waals surface area contributed by atoms with Gasteiger partial charge in [-0.1, -0.05) is 28.1 Å². The maximum absolute atomic E-state index is 10.5. The number of benzene rings is 1. The van der Waals surface area contributed by atoms with Crippen molar-refractivity contribution in [3.8, 4) is 0 Å². The van der Waals surface area contributed by atoms with Gasteiger partial charge in [-0.2, -0.15) is 0 Å². The third kappa shape index (κ3) is 1.92. The zero-order valence-corrected chi connectivity index (χ0v) is 7.69. The number of hydrogen-bond acceptors (Lipinski definition) is 2. The lowest BCUT2D eigenvalue weighted by Crippen LogP contribution is -1.89. The largest absolute Gasteiger partial charge is 0.276 e. The van der Waals surface area contributed by atoms with Gasteiger partial charge < -0.3 is 0 Å². The van der Waals surface area contributed by atoms with Gasteiger partial charge in [-0.05, 0) is 17.1 Å². The molecule has 4 heteroatoms. The van der Waals surface area contributed by atoms with Crippen LogP contribution in [-0.4, -0.2) is 4.92 Å². The van der Waals surface area contributed by atoms with Crippen molar-refractivity contribution in [2.24, 2.45) is 0 Å². The number of rotatable bonds is 2. The van der Waals surface area contributed by atoms with Crippen LogP contribution >= 0.6 is 15.9 Å². The van der Waals surface area contributed by atoms with Crippen LogP contribution in [0.5, 0.6) is 0 Å². The van der Waals surface area contributed by atoms with Gasteiger partial charge >= 0.3 is 0 Å². The Morgan fingerprint density at radius 1 is 1.42 bits per heavy atom. The second-order valence-electron chi connectivity index (χ2n) is 2.11. The van der Waals surface area contributed by atoms with E-state index in [2.05, 4.69) is 15.9 Å². The standard InChI is InChI=1S/C8H6BrNO2/c9-6-5-7-3-1-2-4-8(7)10(11)12/h1-6H. The van der Waals surface area contributed by atoms with Gasteiger partial charge in [0.15, 0.2) is 0 Å². The first-order valence-electron chi connectivity index (χ1n) is 3.26. The molecule has 1 aromatic rings.